The summed E-state index contributed by atoms with van der Waals surface area (Å²) in [6, 6.07) is 15.6. The van der Waals surface area contributed by atoms with Crippen molar-refractivity contribution in [3.63, 3.8) is 0 Å². The van der Waals surface area contributed by atoms with Crippen LogP contribution in [0.3, 0.4) is 0 Å². The van der Waals surface area contributed by atoms with Gasteiger partial charge in [-0.05, 0) is 23.8 Å². The third-order valence-corrected chi connectivity index (χ3v) is 5.24. The molecule has 0 aromatic heterocycles. The standard InChI is InChI=1S/C21H25BrN4O2/c22-19-6-7-20(27)18(14-19)15-23-24-21(28)8-9-25-10-12-26(13-11-25)16-17-4-2-1-3-5-17/h1-7,14-15,27H,8-13,16H2,(H,24,28). The number of hydrogen-bond acceptors (Lipinski definition) is 5. The highest BCUT2D eigenvalue weighted by atomic mass is 79.9. The number of nitrogens with one attached hydrogen (secondary N) is 1. The maximum Gasteiger partial charge on any atom is 0.241 e. The van der Waals surface area contributed by atoms with Crippen molar-refractivity contribution in [3.8, 4) is 5.75 Å². The largest absolute Gasteiger partial charge is 0.507 e. The van der Waals surface area contributed by atoms with Crippen molar-refractivity contribution in [3.05, 3.63) is 64.1 Å². The van der Waals surface area contributed by atoms with E-state index in [2.05, 4.69) is 60.5 Å². The molecule has 0 aliphatic carbocycles. The van der Waals surface area contributed by atoms with E-state index in [9.17, 15) is 9.90 Å². The monoisotopic (exact) mass is 444 g/mol. The minimum absolute atomic E-state index is 0.120. The SMILES string of the molecule is O=C(CCN1CCN(Cc2ccccc2)CC1)NN=Cc1cc(Br)ccc1O. The van der Waals surface area contributed by atoms with Crippen molar-refractivity contribution < 1.29 is 9.90 Å². The zero-order valence-electron chi connectivity index (χ0n) is 15.7. The first kappa shape index (κ1) is 20.5. The number of carbonyl (C=O) groups excluding carboxylic acids is 1. The highest BCUT2D eigenvalue weighted by molar-refractivity contribution is 9.10. The lowest BCUT2D eigenvalue weighted by atomic mass is 10.2. The first-order chi connectivity index (χ1) is 13.6. The normalized spacial score (nSPS) is 15.8. The zero-order chi connectivity index (χ0) is 19.8. The lowest BCUT2D eigenvalue weighted by Crippen LogP contribution is -2.46. The number of nitrogens with zero attached hydrogens (tertiary/aromatic N) is 3. The van der Waals surface area contributed by atoms with E-state index < -0.39 is 0 Å². The molecular weight excluding hydrogens is 420 g/mol. The summed E-state index contributed by atoms with van der Waals surface area (Å²) in [4.78, 5) is 16.8. The molecule has 0 saturated carbocycles. The number of amides is 1. The molecule has 3 rings (SSSR count). The van der Waals surface area contributed by atoms with Crippen LogP contribution in [-0.2, 0) is 11.3 Å². The second-order valence-corrected chi connectivity index (χ2v) is 7.77. The molecule has 148 valence electrons. The summed E-state index contributed by atoms with van der Waals surface area (Å²) in [5, 5.41) is 13.7. The quantitative estimate of drug-likeness (QED) is 0.508. The number of halogens is 1. The van der Waals surface area contributed by atoms with Crippen molar-refractivity contribution in [1.29, 1.82) is 0 Å². The Labute approximate surface area is 174 Å². The molecule has 0 spiro atoms. The van der Waals surface area contributed by atoms with Gasteiger partial charge in [0, 0.05) is 55.7 Å². The first-order valence-corrected chi connectivity index (χ1v) is 10.2. The average Bonchev–Trinajstić information content (AvgIpc) is 2.71. The van der Waals surface area contributed by atoms with E-state index in [1.54, 1.807) is 18.2 Å². The number of benzene rings is 2. The number of hydrogen-bond donors (Lipinski definition) is 2. The van der Waals surface area contributed by atoms with Gasteiger partial charge < -0.3 is 10.0 Å². The molecular formula is C21H25BrN4O2. The van der Waals surface area contributed by atoms with Crippen LogP contribution in [0.15, 0.2) is 58.1 Å². The van der Waals surface area contributed by atoms with Gasteiger partial charge in [0.1, 0.15) is 5.75 Å². The van der Waals surface area contributed by atoms with E-state index in [1.165, 1.54) is 11.8 Å². The van der Waals surface area contributed by atoms with E-state index in [0.717, 1.165) is 43.7 Å². The van der Waals surface area contributed by atoms with Gasteiger partial charge in [0.2, 0.25) is 5.91 Å². The Hall–Kier alpha value is -2.22. The molecule has 2 aromatic carbocycles. The van der Waals surface area contributed by atoms with Crippen LogP contribution in [0.25, 0.3) is 0 Å². The fourth-order valence-electron chi connectivity index (χ4n) is 3.13. The van der Waals surface area contributed by atoms with Crippen LogP contribution < -0.4 is 5.43 Å². The predicted octanol–water partition coefficient (Wildman–Crippen LogP) is 2.81. The molecule has 1 saturated heterocycles. The molecule has 6 nitrogen and oxygen atoms in total. The van der Waals surface area contributed by atoms with Gasteiger partial charge in [-0.1, -0.05) is 46.3 Å². The van der Waals surface area contributed by atoms with Crippen molar-refractivity contribution in [2.75, 3.05) is 32.7 Å². The van der Waals surface area contributed by atoms with E-state index in [0.29, 0.717) is 12.0 Å². The van der Waals surface area contributed by atoms with E-state index in [-0.39, 0.29) is 11.7 Å². The highest BCUT2D eigenvalue weighted by Crippen LogP contribution is 2.19. The summed E-state index contributed by atoms with van der Waals surface area (Å²) < 4.78 is 0.837. The molecule has 1 aliphatic rings. The molecule has 0 radical (unpaired) electrons. The third kappa shape index (κ3) is 6.44. The summed E-state index contributed by atoms with van der Waals surface area (Å²) in [7, 11) is 0. The minimum atomic E-state index is -0.127. The van der Waals surface area contributed by atoms with Crippen LogP contribution in [0.1, 0.15) is 17.5 Å². The van der Waals surface area contributed by atoms with Gasteiger partial charge in [-0.3, -0.25) is 9.69 Å². The molecule has 1 fully saturated rings. The topological polar surface area (TPSA) is 68.2 Å². The van der Waals surface area contributed by atoms with E-state index in [4.69, 9.17) is 0 Å². The molecule has 1 amide bonds. The van der Waals surface area contributed by atoms with Crippen LogP contribution in [-0.4, -0.2) is 59.8 Å². The molecule has 28 heavy (non-hydrogen) atoms. The molecule has 1 aliphatic heterocycles. The van der Waals surface area contributed by atoms with Gasteiger partial charge >= 0.3 is 0 Å². The van der Waals surface area contributed by atoms with E-state index >= 15 is 0 Å². The predicted molar refractivity (Wildman–Crippen MR) is 114 cm³/mol. The maximum absolute atomic E-state index is 12.0. The van der Waals surface area contributed by atoms with Crippen LogP contribution in [0.2, 0.25) is 0 Å². The fourth-order valence-corrected chi connectivity index (χ4v) is 3.51. The Morgan fingerprint density at radius 2 is 1.82 bits per heavy atom. The zero-order valence-corrected chi connectivity index (χ0v) is 17.3. The lowest BCUT2D eigenvalue weighted by Gasteiger charge is -2.34. The summed E-state index contributed by atoms with van der Waals surface area (Å²) in [6.07, 6.45) is 1.85. The molecule has 7 heteroatoms. The molecule has 1 heterocycles. The van der Waals surface area contributed by atoms with Crippen molar-refractivity contribution in [2.24, 2.45) is 5.10 Å². The Morgan fingerprint density at radius 1 is 1.11 bits per heavy atom. The molecule has 2 aromatic rings. The Bertz CT molecular complexity index is 805. The molecule has 0 atom stereocenters. The van der Waals surface area contributed by atoms with Gasteiger partial charge in [0.05, 0.1) is 6.21 Å². The van der Waals surface area contributed by atoms with Crippen molar-refractivity contribution in [1.82, 2.24) is 15.2 Å². The second kappa shape index (κ2) is 10.4. The summed E-state index contributed by atoms with van der Waals surface area (Å²) >= 11 is 3.34. The lowest BCUT2D eigenvalue weighted by molar-refractivity contribution is -0.121. The average molecular weight is 445 g/mol. The Balaban J connectivity index is 1.35. The summed E-state index contributed by atoms with van der Waals surface area (Å²) in [5.41, 5.74) is 4.41. The Kier molecular flexibility index (Phi) is 7.59. The molecule has 0 bridgehead atoms. The van der Waals surface area contributed by atoms with Crippen molar-refractivity contribution in [2.45, 2.75) is 13.0 Å². The van der Waals surface area contributed by atoms with Gasteiger partial charge in [0.15, 0.2) is 0 Å². The number of hydrazone groups is 1. The van der Waals surface area contributed by atoms with Gasteiger partial charge in [-0.25, -0.2) is 5.43 Å². The van der Waals surface area contributed by atoms with E-state index in [1.807, 2.05) is 6.07 Å². The number of phenolic OH excluding ortho intramolecular Hbond substituents is 1. The van der Waals surface area contributed by atoms with Crippen LogP contribution >= 0.6 is 15.9 Å². The summed E-state index contributed by atoms with van der Waals surface area (Å²) in [5.74, 6) is -0.00738. The minimum Gasteiger partial charge on any atom is -0.507 e. The maximum atomic E-state index is 12.0. The highest BCUT2D eigenvalue weighted by Gasteiger charge is 2.17. The molecule has 0 unspecified atom stereocenters. The van der Waals surface area contributed by atoms with Gasteiger partial charge in [-0.15, -0.1) is 0 Å². The van der Waals surface area contributed by atoms with Crippen LogP contribution in [0.5, 0.6) is 5.75 Å². The number of phenols is 1. The second-order valence-electron chi connectivity index (χ2n) is 6.85. The molecule has 2 N–H and O–H groups in total. The van der Waals surface area contributed by atoms with Gasteiger partial charge in [-0.2, -0.15) is 5.10 Å². The summed E-state index contributed by atoms with van der Waals surface area (Å²) in [6.45, 7) is 5.66. The first-order valence-electron chi connectivity index (χ1n) is 9.39. The third-order valence-electron chi connectivity index (χ3n) is 4.75. The Morgan fingerprint density at radius 3 is 2.57 bits per heavy atom. The number of carbonyl (C=O) groups is 1. The number of rotatable bonds is 7. The smallest absolute Gasteiger partial charge is 0.241 e. The van der Waals surface area contributed by atoms with Gasteiger partial charge in [0.25, 0.3) is 0 Å². The van der Waals surface area contributed by atoms with Crippen molar-refractivity contribution >= 4 is 28.1 Å². The van der Waals surface area contributed by atoms with Crippen LogP contribution in [0, 0.1) is 0 Å². The number of piperazine rings is 1. The number of aromatic hydroxyl groups is 1. The van der Waals surface area contributed by atoms with Crippen LogP contribution in [0.4, 0.5) is 0 Å². The fraction of sp³-hybridized carbons (Fsp3) is 0.333.